The van der Waals surface area contributed by atoms with Gasteiger partial charge in [-0.25, -0.2) is 28.8 Å². The quantitative estimate of drug-likeness (QED) is 0.235. The molecule has 0 unspecified atom stereocenters. The minimum atomic E-state index is -0.825. The van der Waals surface area contributed by atoms with Crippen molar-refractivity contribution in [2.24, 2.45) is 0 Å². The molecule has 0 bridgehead atoms. The third-order valence-electron chi connectivity index (χ3n) is 6.92. The van der Waals surface area contributed by atoms with E-state index in [1.807, 2.05) is 37.3 Å². The molecule has 0 aliphatic carbocycles. The summed E-state index contributed by atoms with van der Waals surface area (Å²) in [7, 11) is 1.40. The average molecular weight is 674 g/mol. The summed E-state index contributed by atoms with van der Waals surface area (Å²) >= 11 is 0. The monoisotopic (exact) mass is 673 g/mol. The highest BCUT2D eigenvalue weighted by molar-refractivity contribution is 5.90. The normalized spacial score (nSPS) is 14.6. The van der Waals surface area contributed by atoms with E-state index in [2.05, 4.69) is 5.32 Å². The highest BCUT2D eigenvalue weighted by Gasteiger charge is 2.34. The van der Waals surface area contributed by atoms with Crippen LogP contribution in [0.1, 0.15) is 54.0 Å². The Bertz CT molecular complexity index is 1410. The molecule has 1 saturated heterocycles. The Morgan fingerprint density at radius 3 is 2.23 bits per heavy atom. The molecule has 13 nitrogen and oxygen atoms in total. The first-order valence-electron chi connectivity index (χ1n) is 15.9. The van der Waals surface area contributed by atoms with Crippen molar-refractivity contribution in [1.82, 2.24) is 15.3 Å². The van der Waals surface area contributed by atoms with Gasteiger partial charge in [0, 0.05) is 20.1 Å². The van der Waals surface area contributed by atoms with E-state index in [0.29, 0.717) is 13.2 Å². The van der Waals surface area contributed by atoms with E-state index in [1.54, 1.807) is 52.5 Å². The maximum Gasteiger partial charge on any atom is 0.429 e. The van der Waals surface area contributed by atoms with Crippen molar-refractivity contribution in [3.05, 3.63) is 59.9 Å². The van der Waals surface area contributed by atoms with E-state index in [0.717, 1.165) is 15.6 Å². The molecule has 1 N–H and O–H groups in total. The summed E-state index contributed by atoms with van der Waals surface area (Å²) in [5.41, 5.74) is -0.151. The Kier molecular flexibility index (Phi) is 13.0. The highest BCUT2D eigenvalue weighted by atomic mass is 19.1. The molecule has 4 amide bonds. The molecule has 0 spiro atoms. The number of amides is 4. The van der Waals surface area contributed by atoms with Crippen LogP contribution in [-0.4, -0.2) is 97.9 Å². The Labute approximate surface area is 281 Å². The average Bonchev–Trinajstić information content (AvgIpc) is 3.37. The fraction of sp³-hybridized carbons (Fsp3) is 0.529. The number of nitrogens with one attached hydrogen (secondary N) is 1. The lowest BCUT2D eigenvalue weighted by atomic mass is 10.2. The Morgan fingerprint density at radius 2 is 1.62 bits per heavy atom. The summed E-state index contributed by atoms with van der Waals surface area (Å²) in [5.74, 6) is -0.947. The summed E-state index contributed by atoms with van der Waals surface area (Å²) in [6.45, 7) is 12.9. The van der Waals surface area contributed by atoms with Crippen LogP contribution in [0, 0.1) is 5.82 Å². The van der Waals surface area contributed by atoms with Gasteiger partial charge in [-0.05, 0) is 72.2 Å². The SMILES string of the molecule is CCN(CCN(C(=O)OC(C)(C)C)N(C)C(=O)OC(C)(C)C)c1ccc(N2C[C@H](CNC(=O)COCc3ccccc3)OC2=O)cc1F. The van der Waals surface area contributed by atoms with Crippen molar-refractivity contribution < 1.29 is 42.5 Å². The number of hydrazine groups is 1. The molecule has 14 heteroatoms. The number of hydrogen-bond acceptors (Lipinski definition) is 9. The van der Waals surface area contributed by atoms with Gasteiger partial charge in [0.2, 0.25) is 5.91 Å². The standard InChI is InChI=1S/C34H48FN5O8/c1-9-38(17-18-40(32(44)48-34(5,6)7)37(8)30(42)47-33(2,3)4)28-16-15-25(19-27(28)35)39-21-26(46-31(39)43)20-36-29(41)23-45-22-24-13-11-10-12-14-24/h10-16,19,26H,9,17-18,20-23H2,1-8H3,(H,36,41)/t26-/m0/s1. The third kappa shape index (κ3) is 11.6. The molecule has 0 saturated carbocycles. The second kappa shape index (κ2) is 16.5. The van der Waals surface area contributed by atoms with Crippen molar-refractivity contribution in [2.75, 3.05) is 56.2 Å². The fourth-order valence-electron chi connectivity index (χ4n) is 4.64. The van der Waals surface area contributed by atoms with Gasteiger partial charge in [0.1, 0.15) is 29.7 Å². The molecule has 3 rings (SSSR count). The number of nitrogens with zero attached hydrogens (tertiary/aromatic N) is 4. The largest absolute Gasteiger partial charge is 0.442 e. The van der Waals surface area contributed by atoms with Crippen LogP contribution in [0.3, 0.4) is 0 Å². The maximum absolute atomic E-state index is 15.6. The number of halogens is 1. The summed E-state index contributed by atoms with van der Waals surface area (Å²) in [6.07, 6.45) is -2.81. The van der Waals surface area contributed by atoms with Crippen LogP contribution < -0.4 is 15.1 Å². The van der Waals surface area contributed by atoms with E-state index in [-0.39, 0.29) is 50.1 Å². The van der Waals surface area contributed by atoms with E-state index >= 15 is 4.39 Å². The number of rotatable bonds is 12. The molecular formula is C34H48FN5O8. The topological polar surface area (TPSA) is 130 Å². The summed E-state index contributed by atoms with van der Waals surface area (Å²) in [5, 5.41) is 4.86. The smallest absolute Gasteiger partial charge is 0.429 e. The van der Waals surface area contributed by atoms with Gasteiger partial charge in [0.05, 0.1) is 37.6 Å². The second-order valence-electron chi connectivity index (χ2n) is 13.2. The minimum Gasteiger partial charge on any atom is -0.442 e. The van der Waals surface area contributed by atoms with E-state index in [9.17, 15) is 19.2 Å². The summed E-state index contributed by atoms with van der Waals surface area (Å²) < 4.78 is 37.3. The van der Waals surface area contributed by atoms with Crippen LogP contribution in [0.15, 0.2) is 48.5 Å². The predicted octanol–water partition coefficient (Wildman–Crippen LogP) is 5.33. The molecule has 1 fully saturated rings. The minimum absolute atomic E-state index is 0.0250. The molecule has 2 aromatic rings. The van der Waals surface area contributed by atoms with Crippen molar-refractivity contribution in [3.63, 3.8) is 0 Å². The maximum atomic E-state index is 15.6. The van der Waals surface area contributed by atoms with Crippen LogP contribution in [0.5, 0.6) is 0 Å². The molecular weight excluding hydrogens is 625 g/mol. The highest BCUT2D eigenvalue weighted by Crippen LogP contribution is 2.28. The van der Waals surface area contributed by atoms with E-state index in [1.165, 1.54) is 24.1 Å². The number of benzene rings is 2. The van der Waals surface area contributed by atoms with Gasteiger partial charge in [-0.2, -0.15) is 0 Å². The van der Waals surface area contributed by atoms with Crippen LogP contribution in [-0.2, 0) is 30.3 Å². The molecule has 1 aliphatic rings. The van der Waals surface area contributed by atoms with Gasteiger partial charge in [0.15, 0.2) is 0 Å². The van der Waals surface area contributed by atoms with Crippen LogP contribution >= 0.6 is 0 Å². The molecule has 264 valence electrons. The van der Waals surface area contributed by atoms with Crippen molar-refractivity contribution >= 4 is 35.6 Å². The van der Waals surface area contributed by atoms with Gasteiger partial charge in [-0.15, -0.1) is 0 Å². The number of likely N-dealkylation sites (N-methyl/N-ethyl adjacent to an activating group) is 1. The summed E-state index contributed by atoms with van der Waals surface area (Å²) in [4.78, 5) is 53.7. The molecule has 0 aromatic heterocycles. The molecule has 1 atom stereocenters. The Morgan fingerprint density at radius 1 is 0.979 bits per heavy atom. The first-order valence-corrected chi connectivity index (χ1v) is 15.9. The van der Waals surface area contributed by atoms with Gasteiger partial charge in [0.25, 0.3) is 0 Å². The first kappa shape index (κ1) is 37.9. The lowest BCUT2D eigenvalue weighted by Gasteiger charge is -2.36. The Hall–Kier alpha value is -4.59. The molecule has 1 aliphatic heterocycles. The number of anilines is 2. The predicted molar refractivity (Wildman–Crippen MR) is 178 cm³/mol. The lowest BCUT2D eigenvalue weighted by Crippen LogP contribution is -2.53. The summed E-state index contributed by atoms with van der Waals surface area (Å²) in [6, 6.07) is 13.8. The third-order valence-corrected chi connectivity index (χ3v) is 6.92. The number of carbonyl (C=O) groups excluding carboxylic acids is 4. The first-order chi connectivity index (χ1) is 22.5. The number of carbonyl (C=O) groups is 4. The zero-order valence-corrected chi connectivity index (χ0v) is 29.1. The number of cyclic esters (lactones) is 1. The van der Waals surface area contributed by atoms with Crippen LogP contribution in [0.4, 0.5) is 30.1 Å². The zero-order valence-electron chi connectivity index (χ0n) is 29.1. The van der Waals surface area contributed by atoms with Crippen LogP contribution in [0.25, 0.3) is 0 Å². The van der Waals surface area contributed by atoms with Gasteiger partial charge < -0.3 is 29.2 Å². The van der Waals surface area contributed by atoms with Crippen molar-refractivity contribution in [3.8, 4) is 0 Å². The fourth-order valence-corrected chi connectivity index (χ4v) is 4.64. The number of hydrogen-bond donors (Lipinski definition) is 1. The molecule has 48 heavy (non-hydrogen) atoms. The van der Waals surface area contributed by atoms with E-state index < -0.39 is 41.4 Å². The van der Waals surface area contributed by atoms with Crippen molar-refractivity contribution in [1.29, 1.82) is 0 Å². The van der Waals surface area contributed by atoms with Crippen LogP contribution in [0.2, 0.25) is 0 Å². The molecule has 1 heterocycles. The van der Waals surface area contributed by atoms with Gasteiger partial charge >= 0.3 is 18.3 Å². The molecule has 2 aromatic carbocycles. The second-order valence-corrected chi connectivity index (χ2v) is 13.2. The zero-order chi connectivity index (χ0) is 35.6. The number of ether oxygens (including phenoxy) is 4. The van der Waals surface area contributed by atoms with E-state index in [4.69, 9.17) is 18.9 Å². The molecule has 0 radical (unpaired) electrons. The van der Waals surface area contributed by atoms with Crippen molar-refractivity contribution in [2.45, 2.75) is 72.4 Å². The van der Waals surface area contributed by atoms with Gasteiger partial charge in [-0.3, -0.25) is 9.69 Å². The Balaban J connectivity index is 1.61. The lowest BCUT2D eigenvalue weighted by molar-refractivity contribution is -0.126. The van der Waals surface area contributed by atoms with Gasteiger partial charge in [-0.1, -0.05) is 30.3 Å².